The van der Waals surface area contributed by atoms with Crippen LogP contribution in [0.2, 0.25) is 0 Å². The largest absolute Gasteiger partial charge is 0.381 e. The second kappa shape index (κ2) is 3.68. The van der Waals surface area contributed by atoms with Gasteiger partial charge in [0, 0.05) is 18.6 Å². The van der Waals surface area contributed by atoms with E-state index in [4.69, 9.17) is 10.5 Å². The third-order valence-electron chi connectivity index (χ3n) is 1.96. The van der Waals surface area contributed by atoms with Gasteiger partial charge in [0.2, 0.25) is 0 Å². The van der Waals surface area contributed by atoms with Crippen LogP contribution in [0, 0.1) is 5.92 Å². The first kappa shape index (κ1) is 9.88. The minimum absolute atomic E-state index is 0.0180. The van der Waals surface area contributed by atoms with Gasteiger partial charge < -0.3 is 10.5 Å². The third kappa shape index (κ3) is 3.04. The van der Waals surface area contributed by atoms with E-state index in [1.165, 1.54) is 0 Å². The van der Waals surface area contributed by atoms with E-state index >= 15 is 0 Å². The zero-order chi connectivity index (χ0) is 9.19. The van der Waals surface area contributed by atoms with Gasteiger partial charge in [0.25, 0.3) is 0 Å². The molecule has 4 nitrogen and oxygen atoms in total. The van der Waals surface area contributed by atoms with Crippen molar-refractivity contribution in [3.8, 4) is 0 Å². The van der Waals surface area contributed by atoms with Crippen LogP contribution in [0.4, 0.5) is 3.89 Å². The molecule has 2 N–H and O–H groups in total. The molecule has 0 aromatic heterocycles. The summed E-state index contributed by atoms with van der Waals surface area (Å²) in [5, 5.41) is 0. The maximum Gasteiger partial charge on any atom is 0.303 e. The van der Waals surface area contributed by atoms with Gasteiger partial charge >= 0.3 is 10.2 Å². The van der Waals surface area contributed by atoms with Gasteiger partial charge in [-0.25, -0.2) is 0 Å². The SMILES string of the molecule is NC(CS(=O)(=O)F)C1CCOC1. The lowest BCUT2D eigenvalue weighted by molar-refractivity contribution is 0.182. The number of hydrogen-bond donors (Lipinski definition) is 1. The summed E-state index contributed by atoms with van der Waals surface area (Å²) < 4.78 is 37.6. The van der Waals surface area contributed by atoms with Crippen LogP contribution in [0.25, 0.3) is 0 Å². The highest BCUT2D eigenvalue weighted by atomic mass is 32.3. The van der Waals surface area contributed by atoms with E-state index in [1.807, 2.05) is 0 Å². The molecule has 2 atom stereocenters. The van der Waals surface area contributed by atoms with Crippen molar-refractivity contribution in [1.82, 2.24) is 0 Å². The van der Waals surface area contributed by atoms with Crippen molar-refractivity contribution < 1.29 is 17.0 Å². The maximum atomic E-state index is 12.1. The maximum absolute atomic E-state index is 12.1. The summed E-state index contributed by atoms with van der Waals surface area (Å²) in [5.74, 6) is -0.614. The van der Waals surface area contributed by atoms with Gasteiger partial charge in [0.15, 0.2) is 0 Å². The Kier molecular flexibility index (Phi) is 3.03. The molecule has 0 bridgehead atoms. The second-order valence-corrected chi connectivity index (χ2v) is 4.40. The Morgan fingerprint density at radius 2 is 2.33 bits per heavy atom. The summed E-state index contributed by atoms with van der Waals surface area (Å²) >= 11 is 0. The van der Waals surface area contributed by atoms with Gasteiger partial charge in [-0.05, 0) is 6.42 Å². The molecular formula is C6H12FNO3S. The van der Waals surface area contributed by atoms with Crippen molar-refractivity contribution in [2.24, 2.45) is 11.7 Å². The molecule has 12 heavy (non-hydrogen) atoms. The first-order valence-corrected chi connectivity index (χ1v) is 5.30. The van der Waals surface area contributed by atoms with Crippen molar-refractivity contribution in [1.29, 1.82) is 0 Å². The van der Waals surface area contributed by atoms with Gasteiger partial charge in [-0.3, -0.25) is 0 Å². The standard InChI is InChI=1S/C6H12FNO3S/c7-12(9,10)4-6(8)5-1-2-11-3-5/h5-6H,1-4,8H2. The van der Waals surface area contributed by atoms with E-state index in [0.29, 0.717) is 13.2 Å². The molecule has 1 aliphatic rings. The molecular weight excluding hydrogens is 185 g/mol. The molecule has 0 aromatic rings. The van der Waals surface area contributed by atoms with Crippen LogP contribution in [0.5, 0.6) is 0 Å². The highest BCUT2D eigenvalue weighted by Crippen LogP contribution is 2.16. The van der Waals surface area contributed by atoms with Crippen molar-refractivity contribution in [3.05, 3.63) is 0 Å². The molecule has 1 rings (SSSR count). The Bertz CT molecular complexity index is 235. The molecule has 1 heterocycles. The molecule has 0 spiro atoms. The van der Waals surface area contributed by atoms with E-state index < -0.39 is 22.0 Å². The minimum Gasteiger partial charge on any atom is -0.381 e. The Hall–Kier alpha value is -0.200. The van der Waals surface area contributed by atoms with Gasteiger partial charge in [0.05, 0.1) is 12.4 Å². The highest BCUT2D eigenvalue weighted by molar-refractivity contribution is 7.86. The molecule has 1 fully saturated rings. The lowest BCUT2D eigenvalue weighted by atomic mass is 10.0. The molecule has 0 saturated carbocycles. The molecule has 0 aromatic carbocycles. The zero-order valence-corrected chi connectivity index (χ0v) is 7.39. The zero-order valence-electron chi connectivity index (χ0n) is 6.57. The smallest absolute Gasteiger partial charge is 0.303 e. The van der Waals surface area contributed by atoms with E-state index in [2.05, 4.69) is 0 Å². The summed E-state index contributed by atoms with van der Waals surface area (Å²) in [5.41, 5.74) is 5.47. The topological polar surface area (TPSA) is 69.4 Å². The average molecular weight is 197 g/mol. The first-order chi connectivity index (χ1) is 5.49. The van der Waals surface area contributed by atoms with Crippen molar-refractivity contribution in [3.63, 3.8) is 0 Å². The number of hydrogen-bond acceptors (Lipinski definition) is 4. The molecule has 0 radical (unpaired) electrons. The van der Waals surface area contributed by atoms with Crippen LogP contribution in [0.1, 0.15) is 6.42 Å². The molecule has 1 saturated heterocycles. The van der Waals surface area contributed by atoms with Gasteiger partial charge in [-0.1, -0.05) is 0 Å². The van der Waals surface area contributed by atoms with Crippen LogP contribution in [0.15, 0.2) is 0 Å². The lowest BCUT2D eigenvalue weighted by Crippen LogP contribution is -2.36. The predicted molar refractivity (Wildman–Crippen MR) is 41.8 cm³/mol. The highest BCUT2D eigenvalue weighted by Gasteiger charge is 2.26. The fraction of sp³-hybridized carbons (Fsp3) is 1.00. The van der Waals surface area contributed by atoms with E-state index in [1.54, 1.807) is 0 Å². The number of halogens is 1. The van der Waals surface area contributed by atoms with Crippen LogP contribution < -0.4 is 5.73 Å². The van der Waals surface area contributed by atoms with Crippen molar-refractivity contribution >= 4 is 10.2 Å². The predicted octanol–water partition coefficient (Wildman–Crippen LogP) is -0.351. The normalized spacial score (nSPS) is 27.3. The summed E-state index contributed by atoms with van der Waals surface area (Å²) in [6.45, 7) is 1.03. The Morgan fingerprint density at radius 3 is 2.75 bits per heavy atom. The molecule has 6 heteroatoms. The number of nitrogens with two attached hydrogens (primary N) is 1. The Labute approximate surface area is 71.1 Å². The molecule has 72 valence electrons. The summed E-state index contributed by atoms with van der Waals surface area (Å²) in [7, 11) is -4.44. The molecule has 0 aliphatic carbocycles. The summed E-state index contributed by atoms with van der Waals surface area (Å²) in [4.78, 5) is 0. The third-order valence-corrected chi connectivity index (χ3v) is 2.74. The molecule has 1 aliphatic heterocycles. The van der Waals surface area contributed by atoms with Crippen LogP contribution in [-0.4, -0.2) is 33.4 Å². The van der Waals surface area contributed by atoms with Crippen molar-refractivity contribution in [2.45, 2.75) is 12.5 Å². The molecule has 0 amide bonds. The quantitative estimate of drug-likeness (QED) is 0.628. The summed E-state index contributed by atoms with van der Waals surface area (Å²) in [6, 6.07) is -0.637. The van der Waals surface area contributed by atoms with Gasteiger partial charge in [0.1, 0.15) is 0 Å². The lowest BCUT2D eigenvalue weighted by Gasteiger charge is -2.14. The molecule has 2 unspecified atom stereocenters. The van der Waals surface area contributed by atoms with Gasteiger partial charge in [-0.2, -0.15) is 8.42 Å². The Morgan fingerprint density at radius 1 is 1.67 bits per heavy atom. The Balaban J connectivity index is 2.42. The summed E-state index contributed by atoms with van der Waals surface area (Å²) in [6.07, 6.45) is 0.719. The monoisotopic (exact) mass is 197 g/mol. The average Bonchev–Trinajstić information content (AvgIpc) is 2.32. The van der Waals surface area contributed by atoms with E-state index in [0.717, 1.165) is 6.42 Å². The number of rotatable bonds is 3. The second-order valence-electron chi connectivity index (χ2n) is 2.99. The van der Waals surface area contributed by atoms with Crippen LogP contribution in [-0.2, 0) is 15.0 Å². The van der Waals surface area contributed by atoms with Gasteiger partial charge in [-0.15, -0.1) is 3.89 Å². The number of ether oxygens (including phenoxy) is 1. The fourth-order valence-electron chi connectivity index (χ4n) is 1.26. The van der Waals surface area contributed by atoms with Crippen LogP contribution in [0.3, 0.4) is 0 Å². The minimum atomic E-state index is -4.44. The van der Waals surface area contributed by atoms with Crippen molar-refractivity contribution in [2.75, 3.05) is 19.0 Å². The first-order valence-electron chi connectivity index (χ1n) is 3.75. The van der Waals surface area contributed by atoms with E-state index in [-0.39, 0.29) is 5.92 Å². The van der Waals surface area contributed by atoms with E-state index in [9.17, 15) is 12.3 Å². The fourth-order valence-corrected chi connectivity index (χ4v) is 1.99. The van der Waals surface area contributed by atoms with Crippen LogP contribution >= 0.6 is 0 Å².